The molecule has 1 atom stereocenters. The Kier molecular flexibility index (Phi) is 2.36. The Hall–Kier alpha value is -1.42. The van der Waals surface area contributed by atoms with Crippen molar-refractivity contribution in [2.75, 3.05) is 13.1 Å². The quantitative estimate of drug-likeness (QED) is 0.785. The zero-order chi connectivity index (χ0) is 11.0. The average molecular weight is 216 g/mol. The maximum atomic E-state index is 4.40. The van der Waals surface area contributed by atoms with Crippen molar-refractivity contribution in [3.05, 3.63) is 29.8 Å². The SMILES string of the molecule is Cc1cn2cc(C3CCCNC3)cnc2n1. The van der Waals surface area contributed by atoms with E-state index in [0.29, 0.717) is 5.92 Å². The highest BCUT2D eigenvalue weighted by atomic mass is 15.1. The van der Waals surface area contributed by atoms with Gasteiger partial charge in [0, 0.05) is 25.1 Å². The van der Waals surface area contributed by atoms with Crippen LogP contribution in [0.2, 0.25) is 0 Å². The van der Waals surface area contributed by atoms with Crippen molar-refractivity contribution >= 4 is 5.78 Å². The van der Waals surface area contributed by atoms with Crippen molar-refractivity contribution in [3.8, 4) is 0 Å². The number of fused-ring (bicyclic) bond motifs is 1. The Morgan fingerprint density at radius 1 is 1.44 bits per heavy atom. The first-order chi connectivity index (χ1) is 7.83. The van der Waals surface area contributed by atoms with Crippen molar-refractivity contribution in [1.82, 2.24) is 19.7 Å². The summed E-state index contributed by atoms with van der Waals surface area (Å²) in [6, 6.07) is 0. The second-order valence-electron chi connectivity index (χ2n) is 4.52. The lowest BCUT2D eigenvalue weighted by Crippen LogP contribution is -2.28. The van der Waals surface area contributed by atoms with Gasteiger partial charge in [-0.05, 0) is 37.8 Å². The molecule has 3 heterocycles. The third-order valence-electron chi connectivity index (χ3n) is 3.22. The largest absolute Gasteiger partial charge is 0.316 e. The van der Waals surface area contributed by atoms with Gasteiger partial charge in [-0.2, -0.15) is 0 Å². The molecule has 4 heteroatoms. The summed E-state index contributed by atoms with van der Waals surface area (Å²) in [7, 11) is 0. The topological polar surface area (TPSA) is 42.2 Å². The van der Waals surface area contributed by atoms with Crippen molar-refractivity contribution in [2.45, 2.75) is 25.7 Å². The minimum Gasteiger partial charge on any atom is -0.316 e. The second-order valence-corrected chi connectivity index (χ2v) is 4.52. The van der Waals surface area contributed by atoms with Gasteiger partial charge >= 0.3 is 0 Å². The molecule has 0 aliphatic carbocycles. The summed E-state index contributed by atoms with van der Waals surface area (Å²) in [6.45, 7) is 4.22. The van der Waals surface area contributed by atoms with E-state index in [1.165, 1.54) is 18.4 Å². The normalized spacial score (nSPS) is 21.4. The van der Waals surface area contributed by atoms with Crippen LogP contribution in [-0.4, -0.2) is 27.5 Å². The molecule has 0 aromatic carbocycles. The molecular weight excluding hydrogens is 200 g/mol. The van der Waals surface area contributed by atoms with Gasteiger partial charge in [-0.25, -0.2) is 9.97 Å². The minimum atomic E-state index is 0.605. The molecule has 1 unspecified atom stereocenters. The van der Waals surface area contributed by atoms with Gasteiger partial charge in [0.25, 0.3) is 0 Å². The van der Waals surface area contributed by atoms with E-state index in [9.17, 15) is 0 Å². The molecule has 1 N–H and O–H groups in total. The highest BCUT2D eigenvalue weighted by molar-refractivity contribution is 5.32. The van der Waals surface area contributed by atoms with E-state index in [2.05, 4.69) is 21.5 Å². The van der Waals surface area contributed by atoms with E-state index in [1.807, 2.05) is 23.7 Å². The van der Waals surface area contributed by atoms with Crippen LogP contribution in [0.15, 0.2) is 18.6 Å². The molecule has 0 spiro atoms. The zero-order valence-corrected chi connectivity index (χ0v) is 9.48. The maximum Gasteiger partial charge on any atom is 0.233 e. The number of piperidine rings is 1. The Bertz CT molecular complexity index is 497. The first-order valence-corrected chi connectivity index (χ1v) is 5.85. The number of aromatic nitrogens is 3. The van der Waals surface area contributed by atoms with Crippen LogP contribution in [0.5, 0.6) is 0 Å². The molecule has 0 bridgehead atoms. The molecular formula is C12H16N4. The van der Waals surface area contributed by atoms with E-state index >= 15 is 0 Å². The summed E-state index contributed by atoms with van der Waals surface area (Å²) in [4.78, 5) is 8.74. The van der Waals surface area contributed by atoms with Gasteiger partial charge in [-0.15, -0.1) is 0 Å². The standard InChI is InChI=1S/C12H16N4/c1-9-7-16-8-11(6-14-12(16)15-9)10-3-2-4-13-5-10/h6-8,10,13H,2-5H2,1H3. The van der Waals surface area contributed by atoms with E-state index in [0.717, 1.165) is 24.6 Å². The van der Waals surface area contributed by atoms with Gasteiger partial charge in [0.05, 0.1) is 5.69 Å². The fourth-order valence-electron chi connectivity index (χ4n) is 2.37. The summed E-state index contributed by atoms with van der Waals surface area (Å²) < 4.78 is 2.03. The molecule has 1 aliphatic heterocycles. The third kappa shape index (κ3) is 1.69. The molecule has 1 saturated heterocycles. The lowest BCUT2D eigenvalue weighted by molar-refractivity contribution is 0.460. The number of nitrogens with one attached hydrogen (secondary N) is 1. The van der Waals surface area contributed by atoms with Gasteiger partial charge in [0.1, 0.15) is 0 Å². The van der Waals surface area contributed by atoms with Crippen molar-refractivity contribution in [1.29, 1.82) is 0 Å². The Morgan fingerprint density at radius 2 is 2.38 bits per heavy atom. The van der Waals surface area contributed by atoms with Gasteiger partial charge in [-0.3, -0.25) is 4.40 Å². The van der Waals surface area contributed by atoms with Crippen LogP contribution in [-0.2, 0) is 0 Å². The monoisotopic (exact) mass is 216 g/mol. The summed E-state index contributed by atoms with van der Waals surface area (Å²) in [5.74, 6) is 1.40. The van der Waals surface area contributed by atoms with Crippen molar-refractivity contribution in [3.63, 3.8) is 0 Å². The predicted octanol–water partition coefficient (Wildman–Crippen LogP) is 1.50. The minimum absolute atomic E-state index is 0.605. The fourth-order valence-corrected chi connectivity index (χ4v) is 2.37. The van der Waals surface area contributed by atoms with Gasteiger partial charge in [0.2, 0.25) is 5.78 Å². The summed E-state index contributed by atoms with van der Waals surface area (Å²) in [6.07, 6.45) is 8.68. The van der Waals surface area contributed by atoms with Gasteiger partial charge in [-0.1, -0.05) is 0 Å². The second kappa shape index (κ2) is 3.87. The van der Waals surface area contributed by atoms with Crippen molar-refractivity contribution in [2.24, 2.45) is 0 Å². The summed E-state index contributed by atoms with van der Waals surface area (Å²) >= 11 is 0. The molecule has 0 saturated carbocycles. The predicted molar refractivity (Wildman–Crippen MR) is 62.6 cm³/mol. The summed E-state index contributed by atoms with van der Waals surface area (Å²) in [5, 5.41) is 3.43. The molecule has 1 fully saturated rings. The van der Waals surface area contributed by atoms with E-state index in [1.54, 1.807) is 0 Å². The lowest BCUT2D eigenvalue weighted by Gasteiger charge is -2.22. The lowest BCUT2D eigenvalue weighted by atomic mass is 9.94. The molecule has 4 nitrogen and oxygen atoms in total. The van der Waals surface area contributed by atoms with E-state index < -0.39 is 0 Å². The molecule has 16 heavy (non-hydrogen) atoms. The zero-order valence-electron chi connectivity index (χ0n) is 9.48. The first kappa shape index (κ1) is 9.78. The Morgan fingerprint density at radius 3 is 3.19 bits per heavy atom. The van der Waals surface area contributed by atoms with Gasteiger partial charge in [0.15, 0.2) is 0 Å². The number of imidazole rings is 1. The fraction of sp³-hybridized carbons (Fsp3) is 0.500. The van der Waals surface area contributed by atoms with Crippen molar-refractivity contribution < 1.29 is 0 Å². The van der Waals surface area contributed by atoms with Gasteiger partial charge < -0.3 is 5.32 Å². The Balaban J connectivity index is 1.97. The molecule has 3 rings (SSSR count). The molecule has 1 aliphatic rings. The Labute approximate surface area is 94.7 Å². The number of nitrogens with zero attached hydrogens (tertiary/aromatic N) is 3. The highest BCUT2D eigenvalue weighted by Gasteiger charge is 2.16. The average Bonchev–Trinajstić information content (AvgIpc) is 2.69. The number of aryl methyl sites for hydroxylation is 1. The van der Waals surface area contributed by atoms with Crippen LogP contribution in [0.1, 0.15) is 30.0 Å². The molecule has 2 aromatic rings. The third-order valence-corrected chi connectivity index (χ3v) is 3.22. The van der Waals surface area contributed by atoms with Crippen LogP contribution in [0.25, 0.3) is 5.78 Å². The highest BCUT2D eigenvalue weighted by Crippen LogP contribution is 2.22. The van der Waals surface area contributed by atoms with Crippen LogP contribution in [0.4, 0.5) is 0 Å². The number of rotatable bonds is 1. The van der Waals surface area contributed by atoms with Crippen LogP contribution >= 0.6 is 0 Å². The molecule has 0 amide bonds. The van der Waals surface area contributed by atoms with Crippen LogP contribution in [0, 0.1) is 6.92 Å². The first-order valence-electron chi connectivity index (χ1n) is 5.85. The molecule has 0 radical (unpaired) electrons. The summed E-state index contributed by atoms with van der Waals surface area (Å²) in [5.41, 5.74) is 2.34. The van der Waals surface area contributed by atoms with Crippen LogP contribution in [0.3, 0.4) is 0 Å². The number of hydrogen-bond donors (Lipinski definition) is 1. The smallest absolute Gasteiger partial charge is 0.233 e. The number of hydrogen-bond acceptors (Lipinski definition) is 3. The molecule has 2 aromatic heterocycles. The van der Waals surface area contributed by atoms with E-state index in [-0.39, 0.29) is 0 Å². The van der Waals surface area contributed by atoms with E-state index in [4.69, 9.17) is 0 Å². The maximum absolute atomic E-state index is 4.40. The molecule has 84 valence electrons. The van der Waals surface area contributed by atoms with Crippen LogP contribution < -0.4 is 5.32 Å².